The minimum absolute atomic E-state index is 0.172. The van der Waals surface area contributed by atoms with E-state index in [4.69, 9.17) is 0 Å². The number of halogens is 1. The van der Waals surface area contributed by atoms with E-state index in [1.165, 1.54) is 0 Å². The van der Waals surface area contributed by atoms with E-state index in [-0.39, 0.29) is 12.5 Å². The predicted octanol–water partition coefficient (Wildman–Crippen LogP) is 3.33. The van der Waals surface area contributed by atoms with Crippen LogP contribution in [-0.2, 0) is 4.79 Å². The van der Waals surface area contributed by atoms with Gasteiger partial charge in [0.1, 0.15) is 0 Å². The van der Waals surface area contributed by atoms with Crippen LogP contribution in [0, 0.1) is 3.57 Å². The number of nitrogens with one attached hydrogen (secondary N) is 3. The molecule has 0 bridgehead atoms. The van der Waals surface area contributed by atoms with E-state index >= 15 is 0 Å². The first kappa shape index (κ1) is 15.5. The largest absolute Gasteiger partial charge is 0.376 e. The lowest BCUT2D eigenvalue weighted by atomic mass is 10.2. The zero-order valence-electron chi connectivity index (χ0n) is 12.2. The molecule has 0 atom stereocenters. The molecule has 2 aromatic carbocycles. The first-order chi connectivity index (χ1) is 11.2. The van der Waals surface area contributed by atoms with Crippen LogP contribution in [-0.4, -0.2) is 23.7 Å². The summed E-state index contributed by atoms with van der Waals surface area (Å²) in [6, 6.07) is 15.8. The van der Waals surface area contributed by atoms with Crippen LogP contribution in [0.1, 0.15) is 5.56 Å². The lowest BCUT2D eigenvalue weighted by Gasteiger charge is -2.04. The molecular weight excluding hydrogens is 403 g/mol. The highest BCUT2D eigenvalue weighted by molar-refractivity contribution is 14.1. The number of carbonyl (C=O) groups is 1. The summed E-state index contributed by atoms with van der Waals surface area (Å²) in [7, 11) is 0. The molecule has 3 N–H and O–H groups in total. The van der Waals surface area contributed by atoms with Gasteiger partial charge in [0.2, 0.25) is 0 Å². The topological polar surface area (TPSA) is 69.3 Å². The van der Waals surface area contributed by atoms with Crippen LogP contribution >= 0.6 is 22.6 Å². The van der Waals surface area contributed by atoms with E-state index in [0.29, 0.717) is 0 Å². The van der Waals surface area contributed by atoms with Crippen LogP contribution in [0.15, 0.2) is 59.8 Å². The Morgan fingerprint density at radius 3 is 2.78 bits per heavy atom. The van der Waals surface area contributed by atoms with Crippen LogP contribution in [0.25, 0.3) is 10.9 Å². The molecule has 1 amide bonds. The van der Waals surface area contributed by atoms with Crippen molar-refractivity contribution in [2.75, 3.05) is 11.9 Å². The molecule has 3 rings (SSSR count). The number of fused-ring (bicyclic) bond motifs is 1. The van der Waals surface area contributed by atoms with Gasteiger partial charge in [-0.25, -0.2) is 5.43 Å². The minimum Gasteiger partial charge on any atom is -0.376 e. The molecule has 0 spiro atoms. The Kier molecular flexibility index (Phi) is 4.92. The number of H-pyrrole nitrogens is 1. The van der Waals surface area contributed by atoms with E-state index < -0.39 is 0 Å². The lowest BCUT2D eigenvalue weighted by molar-refractivity contribution is -0.119. The van der Waals surface area contributed by atoms with Crippen molar-refractivity contribution in [2.24, 2.45) is 5.10 Å². The van der Waals surface area contributed by atoms with E-state index in [0.717, 1.165) is 25.7 Å². The fraction of sp³-hybridized carbons (Fsp3) is 0.0588. The zero-order valence-corrected chi connectivity index (χ0v) is 14.4. The molecule has 1 heterocycles. The Bertz CT molecular complexity index is 839. The average Bonchev–Trinajstić information content (AvgIpc) is 2.98. The van der Waals surface area contributed by atoms with Gasteiger partial charge < -0.3 is 10.3 Å². The molecule has 0 saturated heterocycles. The molecule has 5 nitrogen and oxygen atoms in total. The van der Waals surface area contributed by atoms with Crippen molar-refractivity contribution in [3.05, 3.63) is 63.9 Å². The number of aromatic nitrogens is 1. The maximum Gasteiger partial charge on any atom is 0.259 e. The third kappa shape index (κ3) is 4.10. The number of carbonyl (C=O) groups excluding carboxylic acids is 1. The quantitative estimate of drug-likeness (QED) is 0.338. The fourth-order valence-electron chi connectivity index (χ4n) is 2.16. The highest BCUT2D eigenvalue weighted by Gasteiger charge is 2.01. The summed E-state index contributed by atoms with van der Waals surface area (Å²) in [6.07, 6.45) is 3.51. The Labute approximate surface area is 147 Å². The first-order valence-electron chi connectivity index (χ1n) is 7.10. The summed E-state index contributed by atoms with van der Waals surface area (Å²) in [5.74, 6) is -0.195. The molecular formula is C17H15IN4O. The molecule has 1 aromatic heterocycles. The Morgan fingerprint density at radius 2 is 1.96 bits per heavy atom. The van der Waals surface area contributed by atoms with Crippen LogP contribution < -0.4 is 10.7 Å². The van der Waals surface area contributed by atoms with E-state index in [2.05, 4.69) is 43.4 Å². The maximum absolute atomic E-state index is 11.8. The molecule has 0 radical (unpaired) electrons. The second-order valence-electron chi connectivity index (χ2n) is 4.94. The van der Waals surface area contributed by atoms with Gasteiger partial charge in [-0.15, -0.1) is 0 Å². The zero-order chi connectivity index (χ0) is 16.1. The molecule has 116 valence electrons. The molecule has 23 heavy (non-hydrogen) atoms. The predicted molar refractivity (Wildman–Crippen MR) is 102 cm³/mol. The molecule has 0 aliphatic rings. The van der Waals surface area contributed by atoms with Crippen molar-refractivity contribution in [1.29, 1.82) is 0 Å². The van der Waals surface area contributed by atoms with E-state index in [1.807, 2.05) is 54.7 Å². The van der Waals surface area contributed by atoms with Gasteiger partial charge >= 0.3 is 0 Å². The first-order valence-corrected chi connectivity index (χ1v) is 8.18. The minimum atomic E-state index is -0.195. The molecule has 0 aliphatic carbocycles. The molecule has 0 fully saturated rings. The Morgan fingerprint density at radius 1 is 1.17 bits per heavy atom. The summed E-state index contributed by atoms with van der Waals surface area (Å²) < 4.78 is 1.15. The van der Waals surface area contributed by atoms with Crippen molar-refractivity contribution < 1.29 is 4.79 Å². The maximum atomic E-state index is 11.8. The second-order valence-corrected chi connectivity index (χ2v) is 6.19. The van der Waals surface area contributed by atoms with Crippen molar-refractivity contribution in [1.82, 2.24) is 10.4 Å². The Balaban J connectivity index is 1.53. The van der Waals surface area contributed by atoms with Crippen LogP contribution in [0.2, 0.25) is 0 Å². The molecule has 0 unspecified atom stereocenters. The van der Waals surface area contributed by atoms with Crippen molar-refractivity contribution in [3.8, 4) is 0 Å². The number of para-hydroxylation sites is 1. The van der Waals surface area contributed by atoms with Gasteiger partial charge in [-0.3, -0.25) is 4.79 Å². The average molecular weight is 418 g/mol. The standard InChI is InChI=1S/C17H15IN4O/c18-13-5-7-14(8-6-13)19-11-17(23)22-21-10-12-9-20-16-4-2-1-3-15(12)16/h1-10,19-20H,11H2,(H,22,23)/b21-10+. The summed E-state index contributed by atoms with van der Waals surface area (Å²) >= 11 is 2.24. The summed E-state index contributed by atoms with van der Waals surface area (Å²) in [5, 5.41) is 8.13. The molecule has 0 saturated carbocycles. The van der Waals surface area contributed by atoms with E-state index in [9.17, 15) is 4.79 Å². The van der Waals surface area contributed by atoms with Gasteiger partial charge in [-0.2, -0.15) is 5.10 Å². The summed E-state index contributed by atoms with van der Waals surface area (Å²) in [6.45, 7) is 0.172. The van der Waals surface area contributed by atoms with Gasteiger partial charge in [-0.1, -0.05) is 18.2 Å². The number of aromatic amines is 1. The normalized spacial score (nSPS) is 11.0. The van der Waals surface area contributed by atoms with Crippen molar-refractivity contribution >= 4 is 51.3 Å². The molecule has 6 heteroatoms. The van der Waals surface area contributed by atoms with Crippen LogP contribution in [0.4, 0.5) is 5.69 Å². The third-order valence-corrected chi connectivity index (χ3v) is 4.03. The van der Waals surface area contributed by atoms with Gasteiger partial charge in [0, 0.05) is 31.9 Å². The number of hydrazone groups is 1. The molecule has 3 aromatic rings. The van der Waals surface area contributed by atoms with Gasteiger partial charge in [0.25, 0.3) is 5.91 Å². The summed E-state index contributed by atoms with van der Waals surface area (Å²) in [4.78, 5) is 14.9. The summed E-state index contributed by atoms with van der Waals surface area (Å²) in [5.41, 5.74) is 5.40. The van der Waals surface area contributed by atoms with Gasteiger partial charge in [-0.05, 0) is 52.9 Å². The third-order valence-electron chi connectivity index (χ3n) is 3.31. The smallest absolute Gasteiger partial charge is 0.259 e. The fourth-order valence-corrected chi connectivity index (χ4v) is 2.52. The number of benzene rings is 2. The van der Waals surface area contributed by atoms with Crippen LogP contribution in [0.5, 0.6) is 0 Å². The number of anilines is 1. The molecule has 0 aliphatic heterocycles. The Hall–Kier alpha value is -2.35. The van der Waals surface area contributed by atoms with Crippen molar-refractivity contribution in [2.45, 2.75) is 0 Å². The van der Waals surface area contributed by atoms with Gasteiger partial charge in [0.15, 0.2) is 0 Å². The van der Waals surface area contributed by atoms with E-state index in [1.54, 1.807) is 6.21 Å². The lowest BCUT2D eigenvalue weighted by Crippen LogP contribution is -2.25. The van der Waals surface area contributed by atoms with Crippen LogP contribution in [0.3, 0.4) is 0 Å². The van der Waals surface area contributed by atoms with Crippen molar-refractivity contribution in [3.63, 3.8) is 0 Å². The number of hydrogen-bond acceptors (Lipinski definition) is 3. The highest BCUT2D eigenvalue weighted by atomic mass is 127. The van der Waals surface area contributed by atoms with Gasteiger partial charge in [0.05, 0.1) is 12.8 Å². The second kappa shape index (κ2) is 7.28. The number of rotatable bonds is 5. The highest BCUT2D eigenvalue weighted by Crippen LogP contribution is 2.15. The number of nitrogens with zero attached hydrogens (tertiary/aromatic N) is 1. The monoisotopic (exact) mass is 418 g/mol. The SMILES string of the molecule is O=C(CNc1ccc(I)cc1)N/N=C/c1c[nH]c2ccccc12. The number of amides is 1. The number of hydrogen-bond donors (Lipinski definition) is 3.